The Morgan fingerprint density at radius 2 is 1.76 bits per heavy atom. The van der Waals surface area contributed by atoms with Crippen molar-refractivity contribution >= 4 is 40.1 Å². The Labute approximate surface area is 215 Å². The second-order valence-electron chi connectivity index (χ2n) is 8.71. The lowest BCUT2D eigenvalue weighted by Gasteiger charge is -2.21. The van der Waals surface area contributed by atoms with E-state index in [1.807, 2.05) is 30.3 Å². The number of carbonyl (C=O) groups excluding carboxylic acids is 1. The fraction of sp³-hybridized carbons (Fsp3) is 0.143. The van der Waals surface area contributed by atoms with Gasteiger partial charge in [-0.05, 0) is 41.5 Å². The van der Waals surface area contributed by atoms with Crippen LogP contribution in [0.2, 0.25) is 5.02 Å². The van der Waals surface area contributed by atoms with Crippen LogP contribution >= 0.6 is 11.6 Å². The van der Waals surface area contributed by atoms with Crippen molar-refractivity contribution in [1.82, 2.24) is 9.99 Å². The summed E-state index contributed by atoms with van der Waals surface area (Å²) in [6.07, 6.45) is -0.445. The summed E-state index contributed by atoms with van der Waals surface area (Å²) in [4.78, 5) is 40.5. The van der Waals surface area contributed by atoms with Crippen molar-refractivity contribution in [3.8, 4) is 11.1 Å². The van der Waals surface area contributed by atoms with E-state index in [0.717, 1.165) is 5.56 Å². The molecule has 1 aliphatic heterocycles. The van der Waals surface area contributed by atoms with Crippen LogP contribution in [0.25, 0.3) is 22.0 Å². The van der Waals surface area contributed by atoms with Gasteiger partial charge in [0.15, 0.2) is 0 Å². The number of hydrazone groups is 1. The summed E-state index contributed by atoms with van der Waals surface area (Å²) in [5.74, 6) is -2.04. The number of carboxylic acid groups (broad SMARTS) is 1. The number of carboxylic acids is 1. The van der Waals surface area contributed by atoms with Crippen LogP contribution in [-0.4, -0.2) is 32.7 Å². The number of H-pyrrole nitrogens is 1. The molecule has 0 radical (unpaired) electrons. The fourth-order valence-corrected chi connectivity index (χ4v) is 4.78. The van der Waals surface area contributed by atoms with Gasteiger partial charge in [0.05, 0.1) is 23.7 Å². The Bertz CT molecular complexity index is 1600. The highest BCUT2D eigenvalue weighted by Crippen LogP contribution is 2.37. The number of amides is 1. The number of fused-ring (bicyclic) bond motifs is 1. The summed E-state index contributed by atoms with van der Waals surface area (Å²) in [6.45, 7) is 0. The number of hydrogen-bond acceptors (Lipinski definition) is 4. The monoisotopic (exact) mass is 517 g/mol. The zero-order valence-electron chi connectivity index (χ0n) is 19.4. The molecule has 7 nitrogen and oxygen atoms in total. The zero-order valence-corrected chi connectivity index (χ0v) is 20.2. The van der Waals surface area contributed by atoms with E-state index in [4.69, 9.17) is 16.7 Å². The molecule has 3 aromatic carbocycles. The summed E-state index contributed by atoms with van der Waals surface area (Å²) >= 11 is 6.32. The number of rotatable bonds is 6. The van der Waals surface area contributed by atoms with E-state index in [-0.39, 0.29) is 24.8 Å². The van der Waals surface area contributed by atoms with Crippen molar-refractivity contribution in [2.45, 2.75) is 25.3 Å². The molecule has 0 unspecified atom stereocenters. The van der Waals surface area contributed by atoms with E-state index in [0.29, 0.717) is 38.3 Å². The quantitative estimate of drug-likeness (QED) is 0.351. The maximum Gasteiger partial charge on any atom is 0.303 e. The van der Waals surface area contributed by atoms with Crippen molar-refractivity contribution in [3.63, 3.8) is 0 Å². The third kappa shape index (κ3) is 4.88. The van der Waals surface area contributed by atoms with Crippen LogP contribution in [0.3, 0.4) is 0 Å². The molecule has 4 aromatic rings. The molecule has 1 atom stereocenters. The minimum absolute atomic E-state index is 0.180. The number of aliphatic carboxylic acids is 1. The topological polar surface area (TPSA) is 103 Å². The lowest BCUT2D eigenvalue weighted by molar-refractivity contribution is -0.141. The van der Waals surface area contributed by atoms with Crippen molar-refractivity contribution in [2.24, 2.45) is 5.10 Å². The molecule has 9 heteroatoms. The van der Waals surface area contributed by atoms with Crippen LogP contribution in [0.15, 0.2) is 82.7 Å². The number of hydrogen-bond donors (Lipinski definition) is 2. The van der Waals surface area contributed by atoms with Gasteiger partial charge in [-0.2, -0.15) is 5.10 Å². The van der Waals surface area contributed by atoms with Gasteiger partial charge in [0.1, 0.15) is 5.82 Å². The van der Waals surface area contributed by atoms with E-state index in [9.17, 15) is 18.8 Å². The van der Waals surface area contributed by atoms with Crippen molar-refractivity contribution in [3.05, 3.63) is 105 Å². The Hall–Kier alpha value is -4.30. The average Bonchev–Trinajstić information content (AvgIpc) is 3.32. The molecule has 0 saturated carbocycles. The Balaban J connectivity index is 1.69. The largest absolute Gasteiger partial charge is 0.481 e. The molecule has 1 aromatic heterocycles. The number of aromatic amines is 1. The van der Waals surface area contributed by atoms with Gasteiger partial charge in [-0.1, -0.05) is 54.1 Å². The molecule has 1 aliphatic rings. The van der Waals surface area contributed by atoms with Crippen LogP contribution < -0.4 is 5.56 Å². The van der Waals surface area contributed by atoms with Crippen LogP contribution in [0, 0.1) is 5.82 Å². The first-order valence-electron chi connectivity index (χ1n) is 11.6. The smallest absolute Gasteiger partial charge is 0.303 e. The van der Waals surface area contributed by atoms with Crippen LogP contribution in [0.4, 0.5) is 4.39 Å². The highest BCUT2D eigenvalue weighted by molar-refractivity contribution is 6.31. The fourth-order valence-electron chi connectivity index (χ4n) is 4.61. The molecule has 0 saturated heterocycles. The third-order valence-corrected chi connectivity index (χ3v) is 6.54. The Morgan fingerprint density at radius 1 is 1.03 bits per heavy atom. The maximum atomic E-state index is 13.6. The first-order valence-corrected chi connectivity index (χ1v) is 12.0. The predicted octanol–water partition coefficient (Wildman–Crippen LogP) is 5.53. The number of pyridine rings is 1. The first kappa shape index (κ1) is 24.4. The summed E-state index contributed by atoms with van der Waals surface area (Å²) < 4.78 is 13.6. The molecule has 0 bridgehead atoms. The lowest BCUT2D eigenvalue weighted by Crippen LogP contribution is -2.27. The highest BCUT2D eigenvalue weighted by atomic mass is 35.5. The zero-order chi connectivity index (χ0) is 26.1. The summed E-state index contributed by atoms with van der Waals surface area (Å²) in [5, 5.41) is 16.0. The second kappa shape index (κ2) is 9.99. The second-order valence-corrected chi connectivity index (χ2v) is 9.15. The number of carbonyl (C=O) groups is 2. The summed E-state index contributed by atoms with van der Waals surface area (Å²) in [6, 6.07) is 19.6. The molecule has 37 heavy (non-hydrogen) atoms. The number of aromatic nitrogens is 1. The average molecular weight is 518 g/mol. The highest BCUT2D eigenvalue weighted by Gasteiger charge is 2.35. The summed E-state index contributed by atoms with van der Waals surface area (Å²) in [5.41, 5.74) is 2.88. The van der Waals surface area contributed by atoms with Gasteiger partial charge >= 0.3 is 5.97 Å². The molecular formula is C28H21ClFN3O4. The van der Waals surface area contributed by atoms with Crippen molar-refractivity contribution < 1.29 is 19.1 Å². The van der Waals surface area contributed by atoms with Crippen molar-refractivity contribution in [2.75, 3.05) is 0 Å². The normalized spacial score (nSPS) is 15.1. The molecule has 5 rings (SSSR count). The number of benzene rings is 3. The van der Waals surface area contributed by atoms with E-state index >= 15 is 0 Å². The Kier molecular flexibility index (Phi) is 6.58. The lowest BCUT2D eigenvalue weighted by atomic mass is 9.91. The molecule has 0 fully saturated rings. The first-order chi connectivity index (χ1) is 17.8. The van der Waals surface area contributed by atoms with Gasteiger partial charge < -0.3 is 10.1 Å². The molecule has 1 amide bonds. The molecule has 2 N–H and O–H groups in total. The van der Waals surface area contributed by atoms with Gasteiger partial charge in [0.2, 0.25) is 5.91 Å². The maximum absolute atomic E-state index is 13.6. The SMILES string of the molecule is O=C(O)CCC(=O)N1N=C(c2c(-c3ccccc3)c3cc(Cl)ccc3[nH]c2=O)C[C@@H]1c1ccc(F)cc1. The van der Waals surface area contributed by atoms with Gasteiger partial charge in [-0.15, -0.1) is 0 Å². The molecule has 0 spiro atoms. The van der Waals surface area contributed by atoms with Gasteiger partial charge in [0, 0.05) is 34.3 Å². The van der Waals surface area contributed by atoms with E-state index in [2.05, 4.69) is 10.1 Å². The van der Waals surface area contributed by atoms with E-state index < -0.39 is 23.7 Å². The van der Waals surface area contributed by atoms with Gasteiger partial charge in [0.25, 0.3) is 5.56 Å². The molecule has 186 valence electrons. The number of nitrogens with zero attached hydrogens (tertiary/aromatic N) is 2. The van der Waals surface area contributed by atoms with Gasteiger partial charge in [-0.25, -0.2) is 9.40 Å². The van der Waals surface area contributed by atoms with Crippen LogP contribution in [-0.2, 0) is 9.59 Å². The van der Waals surface area contributed by atoms with Crippen LogP contribution in [0.1, 0.15) is 36.4 Å². The van der Waals surface area contributed by atoms with E-state index in [1.165, 1.54) is 17.1 Å². The van der Waals surface area contributed by atoms with E-state index in [1.54, 1.807) is 30.3 Å². The predicted molar refractivity (Wildman–Crippen MR) is 139 cm³/mol. The molecular weight excluding hydrogens is 497 g/mol. The number of halogens is 2. The molecule has 2 heterocycles. The van der Waals surface area contributed by atoms with Crippen molar-refractivity contribution in [1.29, 1.82) is 0 Å². The minimum atomic E-state index is -1.11. The number of nitrogens with one attached hydrogen (secondary N) is 1. The molecule has 0 aliphatic carbocycles. The van der Waals surface area contributed by atoms with Gasteiger partial charge in [-0.3, -0.25) is 14.4 Å². The third-order valence-electron chi connectivity index (χ3n) is 6.30. The Morgan fingerprint density at radius 3 is 2.46 bits per heavy atom. The van der Waals surface area contributed by atoms with Crippen LogP contribution in [0.5, 0.6) is 0 Å². The minimum Gasteiger partial charge on any atom is -0.481 e. The summed E-state index contributed by atoms with van der Waals surface area (Å²) in [7, 11) is 0. The standard InChI is InChI=1S/C28H21ClFN3O4/c29-18-8-11-21-20(14-18)26(17-4-2-1-3-5-17)27(28(37)31-21)22-15-23(16-6-9-19(30)10-7-16)33(32-22)24(34)12-13-25(35)36/h1-11,14,23H,12-13,15H2,(H,31,37)(H,35,36)/t23-/m1/s1.